The van der Waals surface area contributed by atoms with Crippen LogP contribution in [0.5, 0.6) is 0 Å². The molecule has 0 radical (unpaired) electrons. The van der Waals surface area contributed by atoms with E-state index >= 15 is 0 Å². The van der Waals surface area contributed by atoms with Crippen molar-refractivity contribution in [3.8, 4) is 0 Å². The molecule has 0 aromatic heterocycles. The molecule has 0 aromatic rings. The molecule has 0 N–H and O–H groups in total. The topological polar surface area (TPSA) is 17.1 Å². The molecule has 0 aromatic carbocycles. The number of rotatable bonds is 0. The van der Waals surface area contributed by atoms with Gasteiger partial charge in [0.25, 0.3) is 0 Å². The van der Waals surface area contributed by atoms with Gasteiger partial charge < -0.3 is 0 Å². The van der Waals surface area contributed by atoms with Crippen molar-refractivity contribution in [3.05, 3.63) is 21.2 Å². The monoisotopic (exact) mass is 244 g/mol. The number of halogens is 2. The summed E-state index contributed by atoms with van der Waals surface area (Å²) in [5.41, 5.74) is 3.29. The first kappa shape index (κ1) is 11.2. The molecule has 0 saturated heterocycles. The number of Topliss-reactive ketones (excluding diaryl/α,β-unsaturated/α-hetero) is 1. The third kappa shape index (κ3) is 1.66. The van der Waals surface area contributed by atoms with E-state index in [-0.39, 0.29) is 11.8 Å². The fraction of sp³-hybridized carbons (Fsp3) is 0.583. The van der Waals surface area contributed by atoms with Gasteiger partial charge in [-0.3, -0.25) is 4.79 Å². The predicted octanol–water partition coefficient (Wildman–Crippen LogP) is 4.01. The largest absolute Gasteiger partial charge is 0.295 e. The lowest BCUT2D eigenvalue weighted by Gasteiger charge is -2.15. The zero-order chi connectivity index (χ0) is 11.2. The Hall–Kier alpha value is -0.270. The van der Waals surface area contributed by atoms with Crippen LogP contribution in [0, 0.1) is 11.8 Å². The molecule has 2 unspecified atom stereocenters. The molecule has 2 atom stereocenters. The first-order valence-electron chi connectivity index (χ1n) is 5.35. The Morgan fingerprint density at radius 1 is 1.20 bits per heavy atom. The highest BCUT2D eigenvalue weighted by atomic mass is 35.5. The molecule has 0 fully saturated rings. The number of carbonyl (C=O) groups excluding carboxylic acids is 1. The molecule has 0 amide bonds. The first-order valence-corrected chi connectivity index (χ1v) is 6.10. The minimum Gasteiger partial charge on any atom is -0.295 e. The number of carbonyl (C=O) groups is 1. The van der Waals surface area contributed by atoms with E-state index in [2.05, 4.69) is 6.92 Å². The van der Waals surface area contributed by atoms with E-state index in [9.17, 15) is 4.79 Å². The maximum Gasteiger partial charge on any atom is 0.159 e. The molecule has 0 spiro atoms. The van der Waals surface area contributed by atoms with Gasteiger partial charge in [0.2, 0.25) is 0 Å². The fourth-order valence-corrected chi connectivity index (χ4v) is 3.56. The molecule has 1 nitrogen and oxygen atoms in total. The van der Waals surface area contributed by atoms with Gasteiger partial charge in [-0.05, 0) is 18.4 Å². The van der Waals surface area contributed by atoms with E-state index in [0.717, 1.165) is 24.0 Å². The average Bonchev–Trinajstić information content (AvgIpc) is 2.40. The smallest absolute Gasteiger partial charge is 0.159 e. The van der Waals surface area contributed by atoms with Crippen molar-refractivity contribution < 1.29 is 4.79 Å². The summed E-state index contributed by atoms with van der Waals surface area (Å²) in [5.74, 6) is 0.664. The molecular formula is C12H14Cl2O. The van der Waals surface area contributed by atoms with Gasteiger partial charge in [0.15, 0.2) is 5.78 Å². The fourth-order valence-electron chi connectivity index (χ4n) is 2.90. The van der Waals surface area contributed by atoms with E-state index in [4.69, 9.17) is 23.2 Å². The van der Waals surface area contributed by atoms with Gasteiger partial charge in [-0.1, -0.05) is 42.6 Å². The second kappa shape index (κ2) is 3.95. The Bertz CT molecular complexity index is 375. The van der Waals surface area contributed by atoms with Crippen LogP contribution in [0.15, 0.2) is 21.2 Å². The lowest BCUT2D eigenvalue weighted by Crippen LogP contribution is -2.12. The maximum absolute atomic E-state index is 11.8. The second-order valence-corrected chi connectivity index (χ2v) is 5.32. The lowest BCUT2D eigenvalue weighted by molar-refractivity contribution is -0.116. The first-order chi connectivity index (χ1) is 7.04. The van der Waals surface area contributed by atoms with Crippen molar-refractivity contribution in [3.63, 3.8) is 0 Å². The SMILES string of the molecule is CC1C2=C(C(=O)CCC2)C(C)C1=C(Cl)Cl. The summed E-state index contributed by atoms with van der Waals surface area (Å²) in [6.45, 7) is 4.12. The highest BCUT2D eigenvalue weighted by Gasteiger charge is 2.38. The van der Waals surface area contributed by atoms with E-state index in [0.29, 0.717) is 16.7 Å². The van der Waals surface area contributed by atoms with Gasteiger partial charge in [-0.2, -0.15) is 0 Å². The normalized spacial score (nSPS) is 30.9. The minimum atomic E-state index is 0.118. The summed E-state index contributed by atoms with van der Waals surface area (Å²) in [6, 6.07) is 0. The summed E-state index contributed by atoms with van der Waals surface area (Å²) in [6.07, 6.45) is 2.68. The summed E-state index contributed by atoms with van der Waals surface area (Å²) >= 11 is 11.8. The van der Waals surface area contributed by atoms with Crippen LogP contribution in [0.4, 0.5) is 0 Å². The van der Waals surface area contributed by atoms with Crippen LogP contribution in [0.2, 0.25) is 0 Å². The molecule has 0 aliphatic heterocycles. The van der Waals surface area contributed by atoms with Crippen molar-refractivity contribution >= 4 is 29.0 Å². The minimum absolute atomic E-state index is 0.118. The number of ketones is 1. The van der Waals surface area contributed by atoms with Crippen molar-refractivity contribution in [2.24, 2.45) is 11.8 Å². The van der Waals surface area contributed by atoms with Crippen LogP contribution in [-0.4, -0.2) is 5.78 Å². The maximum atomic E-state index is 11.8. The Morgan fingerprint density at radius 3 is 2.40 bits per heavy atom. The van der Waals surface area contributed by atoms with Gasteiger partial charge >= 0.3 is 0 Å². The highest BCUT2D eigenvalue weighted by molar-refractivity contribution is 6.56. The molecule has 82 valence electrons. The summed E-state index contributed by atoms with van der Waals surface area (Å²) in [4.78, 5) is 11.8. The number of allylic oxidation sites excluding steroid dienone is 3. The number of hydrogen-bond donors (Lipinski definition) is 0. The van der Waals surface area contributed by atoms with Crippen LogP contribution in [-0.2, 0) is 4.79 Å². The van der Waals surface area contributed by atoms with Crippen LogP contribution in [0.3, 0.4) is 0 Å². The average molecular weight is 245 g/mol. The van der Waals surface area contributed by atoms with Gasteiger partial charge in [-0.25, -0.2) is 0 Å². The van der Waals surface area contributed by atoms with Crippen LogP contribution in [0.25, 0.3) is 0 Å². The van der Waals surface area contributed by atoms with E-state index in [1.165, 1.54) is 5.57 Å². The van der Waals surface area contributed by atoms with E-state index < -0.39 is 0 Å². The van der Waals surface area contributed by atoms with Crippen molar-refractivity contribution in [1.82, 2.24) is 0 Å². The molecule has 2 rings (SSSR count). The highest BCUT2D eigenvalue weighted by Crippen LogP contribution is 2.48. The Morgan fingerprint density at radius 2 is 1.87 bits per heavy atom. The van der Waals surface area contributed by atoms with Crippen molar-refractivity contribution in [2.75, 3.05) is 0 Å². The van der Waals surface area contributed by atoms with Crippen molar-refractivity contribution in [1.29, 1.82) is 0 Å². The Kier molecular flexibility index (Phi) is 2.96. The van der Waals surface area contributed by atoms with Gasteiger partial charge in [-0.15, -0.1) is 0 Å². The van der Waals surface area contributed by atoms with Crippen molar-refractivity contribution in [2.45, 2.75) is 33.1 Å². The van der Waals surface area contributed by atoms with Gasteiger partial charge in [0.1, 0.15) is 4.49 Å². The van der Waals surface area contributed by atoms with Gasteiger partial charge in [0, 0.05) is 23.8 Å². The molecular weight excluding hydrogens is 231 g/mol. The molecule has 2 aliphatic carbocycles. The van der Waals surface area contributed by atoms with Crippen LogP contribution >= 0.6 is 23.2 Å². The molecule has 2 aliphatic rings. The van der Waals surface area contributed by atoms with E-state index in [1.807, 2.05) is 6.92 Å². The van der Waals surface area contributed by atoms with Crippen LogP contribution < -0.4 is 0 Å². The van der Waals surface area contributed by atoms with Crippen LogP contribution in [0.1, 0.15) is 33.1 Å². The Labute approximate surface area is 100 Å². The zero-order valence-corrected chi connectivity index (χ0v) is 10.5. The molecule has 0 bridgehead atoms. The summed E-state index contributed by atoms with van der Waals surface area (Å²) < 4.78 is 0.345. The lowest BCUT2D eigenvalue weighted by atomic mass is 9.88. The molecule has 15 heavy (non-hydrogen) atoms. The quantitative estimate of drug-likeness (QED) is 0.630. The predicted molar refractivity (Wildman–Crippen MR) is 62.9 cm³/mol. The summed E-state index contributed by atoms with van der Waals surface area (Å²) in [5, 5.41) is 0. The second-order valence-electron chi connectivity index (χ2n) is 4.37. The molecule has 0 heterocycles. The van der Waals surface area contributed by atoms with E-state index in [1.54, 1.807) is 0 Å². The third-order valence-electron chi connectivity index (χ3n) is 3.60. The molecule has 0 saturated carbocycles. The summed E-state index contributed by atoms with van der Waals surface area (Å²) in [7, 11) is 0. The van der Waals surface area contributed by atoms with Gasteiger partial charge in [0.05, 0.1) is 0 Å². The third-order valence-corrected chi connectivity index (χ3v) is 4.04. The molecule has 3 heteroatoms. The standard InChI is InChI=1S/C12H14Cl2O/c1-6-8-4-3-5-9(15)11(8)7(2)10(6)12(13)14/h6-7H,3-5H2,1-2H3. The Balaban J connectivity index is 2.49. The number of hydrogen-bond acceptors (Lipinski definition) is 1. The zero-order valence-electron chi connectivity index (χ0n) is 8.94.